The van der Waals surface area contributed by atoms with Crippen LogP contribution in [-0.2, 0) is 9.59 Å². The molecule has 1 aliphatic rings. The van der Waals surface area contributed by atoms with Crippen molar-refractivity contribution in [1.29, 1.82) is 0 Å². The van der Waals surface area contributed by atoms with Gasteiger partial charge in [0.15, 0.2) is 6.61 Å². The first-order chi connectivity index (χ1) is 13.0. The van der Waals surface area contributed by atoms with E-state index < -0.39 is 0 Å². The Kier molecular flexibility index (Phi) is 6.29. The molecule has 7 heteroatoms. The zero-order valence-corrected chi connectivity index (χ0v) is 15.9. The molecular weight excluding hydrogens is 366 g/mol. The Morgan fingerprint density at radius 1 is 1.33 bits per heavy atom. The van der Waals surface area contributed by atoms with Crippen LogP contribution >= 0.6 is 11.6 Å². The minimum absolute atomic E-state index is 0.0754. The smallest absolute Gasteiger partial charge is 0.260 e. The van der Waals surface area contributed by atoms with Gasteiger partial charge in [-0.2, -0.15) is 0 Å². The van der Waals surface area contributed by atoms with Crippen LogP contribution in [0.4, 0.5) is 5.82 Å². The molecule has 0 radical (unpaired) electrons. The molecule has 1 unspecified atom stereocenters. The largest absolute Gasteiger partial charge is 0.484 e. The van der Waals surface area contributed by atoms with Crippen molar-refractivity contribution < 1.29 is 14.3 Å². The monoisotopic (exact) mass is 387 g/mol. The van der Waals surface area contributed by atoms with Crippen LogP contribution in [-0.4, -0.2) is 41.4 Å². The van der Waals surface area contributed by atoms with Crippen molar-refractivity contribution in [3.63, 3.8) is 0 Å². The average molecular weight is 388 g/mol. The third-order valence-corrected chi connectivity index (χ3v) is 4.79. The van der Waals surface area contributed by atoms with Crippen molar-refractivity contribution in [2.24, 2.45) is 5.92 Å². The summed E-state index contributed by atoms with van der Waals surface area (Å²) in [6, 6.07) is 10.6. The van der Waals surface area contributed by atoms with E-state index in [1.807, 2.05) is 19.1 Å². The summed E-state index contributed by atoms with van der Waals surface area (Å²) in [7, 11) is 0. The van der Waals surface area contributed by atoms with Crippen LogP contribution in [0, 0.1) is 12.8 Å². The summed E-state index contributed by atoms with van der Waals surface area (Å²) < 4.78 is 5.52. The van der Waals surface area contributed by atoms with Gasteiger partial charge in [0.25, 0.3) is 5.91 Å². The number of hydrogen-bond donors (Lipinski definition) is 1. The van der Waals surface area contributed by atoms with Gasteiger partial charge in [0.1, 0.15) is 11.6 Å². The minimum atomic E-state index is -0.254. The first-order valence-electron chi connectivity index (χ1n) is 8.91. The summed E-state index contributed by atoms with van der Waals surface area (Å²) in [5.41, 5.74) is 0.907. The van der Waals surface area contributed by atoms with Gasteiger partial charge in [0, 0.05) is 24.3 Å². The van der Waals surface area contributed by atoms with Crippen LogP contribution in [0.3, 0.4) is 0 Å². The second-order valence-corrected chi connectivity index (χ2v) is 7.02. The van der Waals surface area contributed by atoms with Crippen LogP contribution in [0.5, 0.6) is 5.75 Å². The van der Waals surface area contributed by atoms with E-state index in [0.717, 1.165) is 18.4 Å². The summed E-state index contributed by atoms with van der Waals surface area (Å²) in [4.78, 5) is 30.9. The van der Waals surface area contributed by atoms with E-state index in [0.29, 0.717) is 29.7 Å². The lowest BCUT2D eigenvalue weighted by molar-refractivity contribution is -0.136. The second-order valence-electron chi connectivity index (χ2n) is 6.58. The zero-order valence-electron chi connectivity index (χ0n) is 15.2. The summed E-state index contributed by atoms with van der Waals surface area (Å²) in [6.07, 6.45) is 3.17. The maximum atomic E-state index is 12.6. The average Bonchev–Trinajstić information content (AvgIpc) is 2.68. The Morgan fingerprint density at radius 2 is 2.19 bits per heavy atom. The maximum Gasteiger partial charge on any atom is 0.260 e. The molecule has 1 aliphatic heterocycles. The van der Waals surface area contributed by atoms with Crippen molar-refractivity contribution in [3.05, 3.63) is 53.2 Å². The summed E-state index contributed by atoms with van der Waals surface area (Å²) in [5, 5.41) is 3.42. The number of piperidine rings is 1. The first-order valence-corrected chi connectivity index (χ1v) is 9.29. The number of amides is 2. The molecule has 1 fully saturated rings. The molecule has 142 valence electrons. The SMILES string of the molecule is Cc1cccnc1NC(=O)C1CCCN(C(=O)COc2cccc(Cl)c2)C1. The molecule has 1 aromatic carbocycles. The van der Waals surface area contributed by atoms with Gasteiger partial charge < -0.3 is 15.0 Å². The molecular formula is C20H22ClN3O3. The van der Waals surface area contributed by atoms with Gasteiger partial charge in [0.05, 0.1) is 5.92 Å². The molecule has 1 N–H and O–H groups in total. The van der Waals surface area contributed by atoms with Crippen LogP contribution in [0.15, 0.2) is 42.6 Å². The fraction of sp³-hybridized carbons (Fsp3) is 0.350. The van der Waals surface area contributed by atoms with E-state index in [-0.39, 0.29) is 24.3 Å². The third kappa shape index (κ3) is 5.20. The number of nitrogens with one attached hydrogen (secondary N) is 1. The molecule has 3 rings (SSSR count). The Hall–Kier alpha value is -2.60. The number of halogens is 1. The topological polar surface area (TPSA) is 71.5 Å². The highest BCUT2D eigenvalue weighted by Crippen LogP contribution is 2.21. The van der Waals surface area contributed by atoms with E-state index >= 15 is 0 Å². The van der Waals surface area contributed by atoms with Gasteiger partial charge >= 0.3 is 0 Å². The normalized spacial score (nSPS) is 16.7. The molecule has 0 aliphatic carbocycles. The molecule has 27 heavy (non-hydrogen) atoms. The van der Waals surface area contributed by atoms with Gasteiger partial charge in [-0.3, -0.25) is 9.59 Å². The molecule has 0 spiro atoms. The van der Waals surface area contributed by atoms with Crippen LogP contribution in [0.1, 0.15) is 18.4 Å². The van der Waals surface area contributed by atoms with E-state index in [2.05, 4.69) is 10.3 Å². The molecule has 2 heterocycles. The fourth-order valence-electron chi connectivity index (χ4n) is 3.05. The van der Waals surface area contributed by atoms with Gasteiger partial charge in [-0.25, -0.2) is 4.98 Å². The number of rotatable bonds is 5. The number of nitrogens with zero attached hydrogens (tertiary/aromatic N) is 2. The first kappa shape index (κ1) is 19.2. The number of carbonyl (C=O) groups excluding carboxylic acids is 2. The van der Waals surface area contributed by atoms with Crippen LogP contribution in [0.2, 0.25) is 5.02 Å². The number of aromatic nitrogens is 1. The second kappa shape index (κ2) is 8.86. The minimum Gasteiger partial charge on any atom is -0.484 e. The highest BCUT2D eigenvalue weighted by molar-refractivity contribution is 6.30. The quantitative estimate of drug-likeness (QED) is 0.854. The number of ether oxygens (including phenoxy) is 1. The molecule has 2 aromatic rings. The maximum absolute atomic E-state index is 12.6. The molecule has 0 saturated carbocycles. The Labute approximate surface area is 163 Å². The molecule has 2 amide bonds. The van der Waals surface area contributed by atoms with Crippen molar-refractivity contribution in [3.8, 4) is 5.75 Å². The van der Waals surface area contributed by atoms with E-state index in [1.165, 1.54) is 0 Å². The predicted molar refractivity (Wildman–Crippen MR) is 104 cm³/mol. The molecule has 0 bridgehead atoms. The zero-order chi connectivity index (χ0) is 19.2. The summed E-state index contributed by atoms with van der Waals surface area (Å²) >= 11 is 5.92. The molecule has 1 atom stereocenters. The van der Waals surface area contributed by atoms with Crippen molar-refractivity contribution >= 4 is 29.2 Å². The van der Waals surface area contributed by atoms with E-state index in [4.69, 9.17) is 16.3 Å². The number of likely N-dealkylation sites (tertiary alicyclic amines) is 1. The summed E-state index contributed by atoms with van der Waals surface area (Å²) in [5.74, 6) is 0.616. The highest BCUT2D eigenvalue weighted by Gasteiger charge is 2.29. The number of aryl methyl sites for hydroxylation is 1. The molecule has 1 saturated heterocycles. The predicted octanol–water partition coefficient (Wildman–Crippen LogP) is 3.30. The standard InChI is InChI=1S/C20H22ClN3O3/c1-14-5-3-9-22-19(14)23-20(26)15-6-4-10-24(12-15)18(25)13-27-17-8-2-7-16(21)11-17/h2-3,5,7-9,11,15H,4,6,10,12-13H2,1H3,(H,22,23,26). The van der Waals surface area contributed by atoms with Crippen molar-refractivity contribution in [1.82, 2.24) is 9.88 Å². The van der Waals surface area contributed by atoms with Gasteiger partial charge in [-0.1, -0.05) is 23.7 Å². The molecule has 1 aromatic heterocycles. The van der Waals surface area contributed by atoms with Crippen LogP contribution in [0.25, 0.3) is 0 Å². The Balaban J connectivity index is 1.54. The molecule has 6 nitrogen and oxygen atoms in total. The lowest BCUT2D eigenvalue weighted by Gasteiger charge is -2.32. The number of pyridine rings is 1. The van der Waals surface area contributed by atoms with Gasteiger partial charge in [-0.15, -0.1) is 0 Å². The van der Waals surface area contributed by atoms with Gasteiger partial charge in [0.2, 0.25) is 5.91 Å². The number of carbonyl (C=O) groups is 2. The van der Waals surface area contributed by atoms with E-state index in [1.54, 1.807) is 35.4 Å². The van der Waals surface area contributed by atoms with Crippen LogP contribution < -0.4 is 10.1 Å². The lowest BCUT2D eigenvalue weighted by atomic mass is 9.97. The van der Waals surface area contributed by atoms with Crippen molar-refractivity contribution in [2.75, 3.05) is 25.0 Å². The number of hydrogen-bond acceptors (Lipinski definition) is 4. The Bertz CT molecular complexity index is 828. The highest BCUT2D eigenvalue weighted by atomic mass is 35.5. The summed E-state index contributed by atoms with van der Waals surface area (Å²) in [6.45, 7) is 2.83. The number of benzene rings is 1. The van der Waals surface area contributed by atoms with Crippen molar-refractivity contribution in [2.45, 2.75) is 19.8 Å². The Morgan fingerprint density at radius 3 is 2.96 bits per heavy atom. The fourth-order valence-corrected chi connectivity index (χ4v) is 3.23. The van der Waals surface area contributed by atoms with E-state index in [9.17, 15) is 9.59 Å². The third-order valence-electron chi connectivity index (χ3n) is 4.55. The lowest BCUT2D eigenvalue weighted by Crippen LogP contribution is -2.45. The number of anilines is 1. The van der Waals surface area contributed by atoms with Gasteiger partial charge in [-0.05, 0) is 49.6 Å².